The third kappa shape index (κ3) is 2.00. The smallest absolute Gasteiger partial charge is 0.262 e. The van der Waals surface area contributed by atoms with E-state index in [-0.39, 0.29) is 23.3 Å². The highest BCUT2D eigenvalue weighted by Crippen LogP contribution is 2.28. The molecule has 7 nitrogen and oxygen atoms in total. The van der Waals surface area contributed by atoms with Crippen molar-refractivity contribution in [1.82, 2.24) is 13.7 Å². The average molecular weight is 318 g/mol. The van der Waals surface area contributed by atoms with Gasteiger partial charge in [-0.15, -0.1) is 0 Å². The number of pyridine rings is 1. The molecule has 20 heavy (non-hydrogen) atoms. The summed E-state index contributed by atoms with van der Waals surface area (Å²) in [6.45, 7) is -0.334. The van der Waals surface area contributed by atoms with E-state index in [9.17, 15) is 18.6 Å². The predicted molar refractivity (Wildman–Crippen MR) is 71.0 cm³/mol. The van der Waals surface area contributed by atoms with Crippen LogP contribution in [0.5, 0.6) is 0 Å². The first-order valence-electron chi connectivity index (χ1n) is 5.90. The molecule has 2 unspecified atom stereocenters. The zero-order valence-corrected chi connectivity index (χ0v) is 11.8. The fraction of sp³-hybridized carbons (Fsp3) is 0.364. The lowest BCUT2D eigenvalue weighted by Crippen LogP contribution is -2.31. The lowest BCUT2D eigenvalue weighted by molar-refractivity contribution is 0.0572. The molecule has 0 radical (unpaired) electrons. The van der Waals surface area contributed by atoms with Crippen molar-refractivity contribution in [2.24, 2.45) is 0 Å². The number of halogens is 1. The Labute approximate surface area is 120 Å². The second-order valence-corrected chi connectivity index (χ2v) is 6.80. The minimum atomic E-state index is -3.94. The van der Waals surface area contributed by atoms with Crippen LogP contribution in [0.15, 0.2) is 29.4 Å². The largest absolute Gasteiger partial charge is 0.389 e. The SMILES string of the molecule is O=S(=O)(c1c(Cl)nc2ccccn12)N1CC(O)C(O)C1. The molecule has 2 N–H and O–H groups in total. The van der Waals surface area contributed by atoms with Gasteiger partial charge in [-0.25, -0.2) is 13.4 Å². The summed E-state index contributed by atoms with van der Waals surface area (Å²) < 4.78 is 27.5. The number of hydrogen-bond acceptors (Lipinski definition) is 5. The van der Waals surface area contributed by atoms with Gasteiger partial charge in [0.25, 0.3) is 10.0 Å². The first kappa shape index (κ1) is 13.8. The van der Waals surface area contributed by atoms with Crippen LogP contribution in [-0.4, -0.2) is 57.6 Å². The predicted octanol–water partition coefficient (Wildman–Crippen LogP) is -0.286. The zero-order chi connectivity index (χ0) is 14.5. The van der Waals surface area contributed by atoms with Gasteiger partial charge in [-0.1, -0.05) is 17.7 Å². The third-order valence-electron chi connectivity index (χ3n) is 3.26. The quantitative estimate of drug-likeness (QED) is 0.794. The molecule has 0 saturated carbocycles. The van der Waals surface area contributed by atoms with Crippen LogP contribution in [0.1, 0.15) is 0 Å². The van der Waals surface area contributed by atoms with Crippen LogP contribution in [0.2, 0.25) is 5.15 Å². The maximum absolute atomic E-state index is 12.6. The van der Waals surface area contributed by atoms with Crippen molar-refractivity contribution >= 4 is 27.3 Å². The summed E-state index contributed by atoms with van der Waals surface area (Å²) in [5, 5.41) is 18.7. The van der Waals surface area contributed by atoms with E-state index in [0.29, 0.717) is 5.65 Å². The fourth-order valence-electron chi connectivity index (χ4n) is 2.23. The molecule has 1 saturated heterocycles. The molecule has 1 aliphatic heterocycles. The molecule has 1 aliphatic rings. The topological polar surface area (TPSA) is 95.1 Å². The van der Waals surface area contributed by atoms with Crippen LogP contribution < -0.4 is 0 Å². The molecule has 2 atom stereocenters. The van der Waals surface area contributed by atoms with Crippen molar-refractivity contribution in [3.05, 3.63) is 29.5 Å². The Hall–Kier alpha value is -1.19. The normalized spacial score (nSPS) is 24.6. The minimum absolute atomic E-state index is 0.132. The van der Waals surface area contributed by atoms with E-state index < -0.39 is 22.2 Å². The Morgan fingerprint density at radius 2 is 1.90 bits per heavy atom. The molecule has 0 aromatic carbocycles. The lowest BCUT2D eigenvalue weighted by atomic mass is 10.3. The number of fused-ring (bicyclic) bond motifs is 1. The maximum atomic E-state index is 12.6. The number of hydrogen-bond donors (Lipinski definition) is 2. The van der Waals surface area contributed by atoms with Crippen LogP contribution in [-0.2, 0) is 10.0 Å². The van der Waals surface area contributed by atoms with Gasteiger partial charge in [0.2, 0.25) is 0 Å². The molecule has 9 heteroatoms. The van der Waals surface area contributed by atoms with E-state index in [2.05, 4.69) is 4.98 Å². The standard InChI is InChI=1S/C11H12ClN3O4S/c12-10-11(15-4-2-1-3-9(15)13-10)20(18,19)14-5-7(16)8(17)6-14/h1-4,7-8,16-17H,5-6H2. The van der Waals surface area contributed by atoms with Gasteiger partial charge in [-0.2, -0.15) is 4.31 Å². The van der Waals surface area contributed by atoms with Crippen LogP contribution in [0, 0.1) is 0 Å². The number of aromatic nitrogens is 2. The molecule has 1 fully saturated rings. The van der Waals surface area contributed by atoms with Gasteiger partial charge in [-0.05, 0) is 12.1 Å². The van der Waals surface area contributed by atoms with Crippen molar-refractivity contribution in [1.29, 1.82) is 0 Å². The van der Waals surface area contributed by atoms with Gasteiger partial charge < -0.3 is 10.2 Å². The molecule has 0 spiro atoms. The number of β-amino-alcohol motifs (C(OH)–C–C–N with tert-alkyl or cyclic N) is 2. The molecule has 3 heterocycles. The Balaban J connectivity index is 2.13. The Kier molecular flexibility index (Phi) is 3.22. The van der Waals surface area contributed by atoms with E-state index >= 15 is 0 Å². The summed E-state index contributed by atoms with van der Waals surface area (Å²) in [7, 11) is -3.94. The molecular weight excluding hydrogens is 306 g/mol. The zero-order valence-electron chi connectivity index (χ0n) is 10.2. The van der Waals surface area contributed by atoms with E-state index in [1.807, 2.05) is 0 Å². The molecule has 2 aromatic heterocycles. The van der Waals surface area contributed by atoms with Crippen molar-refractivity contribution < 1.29 is 18.6 Å². The molecule has 0 aliphatic carbocycles. The summed E-state index contributed by atoms with van der Waals surface area (Å²) in [5.74, 6) is 0. The number of nitrogens with zero attached hydrogens (tertiary/aromatic N) is 3. The molecular formula is C11H12ClN3O4S. The average Bonchev–Trinajstić information content (AvgIpc) is 2.90. The summed E-state index contributed by atoms with van der Waals surface area (Å²) in [4.78, 5) is 3.99. The minimum Gasteiger partial charge on any atom is -0.389 e. The highest BCUT2D eigenvalue weighted by Gasteiger charge is 2.40. The summed E-state index contributed by atoms with van der Waals surface area (Å²) in [6, 6.07) is 5.02. The van der Waals surface area contributed by atoms with Gasteiger partial charge in [0.15, 0.2) is 10.2 Å². The van der Waals surface area contributed by atoms with Gasteiger partial charge >= 0.3 is 0 Å². The lowest BCUT2D eigenvalue weighted by Gasteiger charge is -2.15. The van der Waals surface area contributed by atoms with Crippen molar-refractivity contribution in [2.75, 3.05) is 13.1 Å². The third-order valence-corrected chi connectivity index (χ3v) is 5.49. The fourth-order valence-corrected chi connectivity index (χ4v) is 4.30. The Morgan fingerprint density at radius 1 is 1.25 bits per heavy atom. The van der Waals surface area contributed by atoms with Crippen LogP contribution >= 0.6 is 11.6 Å². The Bertz CT molecular complexity index is 750. The van der Waals surface area contributed by atoms with Crippen molar-refractivity contribution in [3.63, 3.8) is 0 Å². The first-order valence-corrected chi connectivity index (χ1v) is 7.72. The van der Waals surface area contributed by atoms with E-state index in [0.717, 1.165) is 4.31 Å². The highest BCUT2D eigenvalue weighted by molar-refractivity contribution is 7.89. The molecule has 0 bridgehead atoms. The maximum Gasteiger partial charge on any atom is 0.262 e. The first-order chi connectivity index (χ1) is 9.41. The van der Waals surface area contributed by atoms with E-state index in [1.165, 1.54) is 4.40 Å². The van der Waals surface area contributed by atoms with Gasteiger partial charge in [0.05, 0.1) is 12.2 Å². The van der Waals surface area contributed by atoms with Gasteiger partial charge in [0.1, 0.15) is 5.65 Å². The van der Waals surface area contributed by atoms with Crippen LogP contribution in [0.25, 0.3) is 5.65 Å². The second kappa shape index (κ2) is 4.68. The second-order valence-electron chi connectivity index (χ2n) is 4.59. The molecule has 3 rings (SSSR count). The van der Waals surface area contributed by atoms with Crippen LogP contribution in [0.4, 0.5) is 0 Å². The molecule has 108 valence electrons. The number of sulfonamides is 1. The summed E-state index contributed by atoms with van der Waals surface area (Å²) in [5.41, 5.74) is 0.413. The number of rotatable bonds is 2. The summed E-state index contributed by atoms with van der Waals surface area (Å²) >= 11 is 5.94. The molecule has 0 amide bonds. The number of aliphatic hydroxyl groups excluding tert-OH is 2. The molecule has 2 aromatic rings. The van der Waals surface area contributed by atoms with E-state index in [1.54, 1.807) is 24.4 Å². The van der Waals surface area contributed by atoms with Gasteiger partial charge in [-0.3, -0.25) is 4.40 Å². The van der Waals surface area contributed by atoms with Crippen LogP contribution in [0.3, 0.4) is 0 Å². The van der Waals surface area contributed by atoms with Gasteiger partial charge in [0, 0.05) is 19.3 Å². The van der Waals surface area contributed by atoms with Crippen molar-refractivity contribution in [2.45, 2.75) is 17.2 Å². The summed E-state index contributed by atoms with van der Waals surface area (Å²) in [6.07, 6.45) is -0.644. The van der Waals surface area contributed by atoms with Crippen molar-refractivity contribution in [3.8, 4) is 0 Å². The Morgan fingerprint density at radius 3 is 2.55 bits per heavy atom. The van der Waals surface area contributed by atoms with E-state index in [4.69, 9.17) is 11.6 Å². The number of imidazole rings is 1. The highest BCUT2D eigenvalue weighted by atomic mass is 35.5. The monoisotopic (exact) mass is 317 g/mol. The number of aliphatic hydroxyl groups is 2.